The van der Waals surface area contributed by atoms with E-state index in [-0.39, 0.29) is 11.3 Å². The van der Waals surface area contributed by atoms with E-state index in [4.69, 9.17) is 4.74 Å². The summed E-state index contributed by atoms with van der Waals surface area (Å²) in [6.45, 7) is 11.3. The number of aryl methyl sites for hydroxylation is 1. The van der Waals surface area contributed by atoms with Crippen molar-refractivity contribution in [1.82, 2.24) is 9.80 Å². The van der Waals surface area contributed by atoms with Crippen molar-refractivity contribution in [3.63, 3.8) is 0 Å². The zero-order valence-corrected chi connectivity index (χ0v) is 25.0. The molecule has 208 valence electrons. The summed E-state index contributed by atoms with van der Waals surface area (Å²) in [7, 11) is 6.28. The van der Waals surface area contributed by atoms with Gasteiger partial charge in [-0.2, -0.15) is 0 Å². The summed E-state index contributed by atoms with van der Waals surface area (Å²) in [6, 6.07) is 22.5. The van der Waals surface area contributed by atoms with Crippen molar-refractivity contribution in [2.24, 2.45) is 0 Å². The Balaban J connectivity index is 1.78. The van der Waals surface area contributed by atoms with Gasteiger partial charge >= 0.3 is 0 Å². The first kappa shape index (κ1) is 30.3. The van der Waals surface area contributed by atoms with E-state index in [9.17, 15) is 4.79 Å². The van der Waals surface area contributed by atoms with Gasteiger partial charge in [0.25, 0.3) is 0 Å². The zero-order valence-electron chi connectivity index (χ0n) is 25.0. The number of carbonyl (C=O) groups is 1. The Morgan fingerprint density at radius 1 is 0.897 bits per heavy atom. The summed E-state index contributed by atoms with van der Waals surface area (Å²) in [5.74, 6) is 0.599. The third-order valence-corrected chi connectivity index (χ3v) is 7.20. The number of rotatable bonds is 13. The molecule has 0 aliphatic rings. The molecule has 39 heavy (non-hydrogen) atoms. The average Bonchev–Trinajstić information content (AvgIpc) is 2.89. The maximum absolute atomic E-state index is 13.6. The molecule has 0 fully saturated rings. The molecule has 0 heterocycles. The lowest BCUT2D eigenvalue weighted by Crippen LogP contribution is -2.38. The highest BCUT2D eigenvalue weighted by molar-refractivity contribution is 6.09. The predicted molar refractivity (Wildman–Crippen MR) is 166 cm³/mol. The topological polar surface area (TPSA) is 32.8 Å². The van der Waals surface area contributed by atoms with Crippen LogP contribution in [0.15, 0.2) is 72.8 Å². The number of hydrogen-bond donors (Lipinski definition) is 0. The molecule has 4 nitrogen and oxygen atoms in total. The van der Waals surface area contributed by atoms with Crippen molar-refractivity contribution in [2.75, 3.05) is 34.3 Å². The normalized spacial score (nSPS) is 12.0. The highest BCUT2D eigenvalue weighted by Gasteiger charge is 2.16. The molecule has 0 N–H and O–H groups in total. The Morgan fingerprint density at radius 2 is 1.62 bits per heavy atom. The minimum Gasteiger partial charge on any atom is -0.493 e. The second-order valence-electron chi connectivity index (χ2n) is 11.7. The van der Waals surface area contributed by atoms with Gasteiger partial charge < -0.3 is 14.5 Å². The maximum Gasteiger partial charge on any atom is 0.189 e. The highest BCUT2D eigenvalue weighted by Crippen LogP contribution is 2.30. The van der Waals surface area contributed by atoms with Crippen molar-refractivity contribution in [3.05, 3.63) is 95.1 Å². The molecule has 0 atom stereocenters. The van der Waals surface area contributed by atoms with Crippen LogP contribution in [0, 0.1) is 6.92 Å². The van der Waals surface area contributed by atoms with Crippen molar-refractivity contribution in [2.45, 2.75) is 59.0 Å². The first-order valence-corrected chi connectivity index (χ1v) is 14.1. The number of ketones is 1. The molecule has 0 unspecified atom stereocenters. The fourth-order valence-corrected chi connectivity index (χ4v) is 4.49. The van der Waals surface area contributed by atoms with Gasteiger partial charge in [-0.25, -0.2) is 0 Å². The molecule has 0 amide bonds. The minimum atomic E-state index is -0.0492. The number of carbonyl (C=O) groups excluding carboxylic acids is 1. The first-order chi connectivity index (χ1) is 18.6. The van der Waals surface area contributed by atoms with Crippen LogP contribution in [0.1, 0.15) is 67.1 Å². The summed E-state index contributed by atoms with van der Waals surface area (Å²) in [4.78, 5) is 18.1. The third-order valence-electron chi connectivity index (χ3n) is 7.20. The van der Waals surface area contributed by atoms with Crippen LogP contribution in [0.2, 0.25) is 0 Å². The fraction of sp³-hybridized carbons (Fsp3) is 0.400. The van der Waals surface area contributed by atoms with Gasteiger partial charge in [-0.1, -0.05) is 60.7 Å². The highest BCUT2D eigenvalue weighted by atomic mass is 16.5. The van der Waals surface area contributed by atoms with Gasteiger partial charge in [0.15, 0.2) is 5.78 Å². The van der Waals surface area contributed by atoms with Crippen LogP contribution in [-0.4, -0.2) is 55.4 Å². The summed E-state index contributed by atoms with van der Waals surface area (Å²) < 4.78 is 6.21. The largest absolute Gasteiger partial charge is 0.493 e. The quantitative estimate of drug-likeness (QED) is 0.129. The summed E-state index contributed by atoms with van der Waals surface area (Å²) in [6.07, 6.45) is 6.79. The van der Waals surface area contributed by atoms with Crippen molar-refractivity contribution < 1.29 is 9.53 Å². The molecule has 0 spiro atoms. The van der Waals surface area contributed by atoms with Gasteiger partial charge in [-0.3, -0.25) is 4.79 Å². The smallest absolute Gasteiger partial charge is 0.189 e. The molecule has 3 aromatic rings. The molecule has 0 radical (unpaired) electrons. The minimum absolute atomic E-state index is 0.0492. The predicted octanol–water partition coefficient (Wildman–Crippen LogP) is 7.90. The van der Waals surface area contributed by atoms with Gasteiger partial charge in [0.1, 0.15) is 5.75 Å². The average molecular weight is 527 g/mol. The monoisotopic (exact) mass is 526 g/mol. The Kier molecular flexibility index (Phi) is 11.1. The number of unbranched alkanes of at least 4 members (excludes halogenated alkanes) is 2. The van der Waals surface area contributed by atoms with E-state index in [1.54, 1.807) is 6.08 Å². The number of nitrogens with zero attached hydrogens (tertiary/aromatic N) is 2. The van der Waals surface area contributed by atoms with E-state index in [0.717, 1.165) is 49.0 Å². The first-order valence-electron chi connectivity index (χ1n) is 14.1. The number of hydrogen-bond acceptors (Lipinski definition) is 4. The van der Waals surface area contributed by atoms with E-state index >= 15 is 0 Å². The Bertz CT molecular complexity index is 1250. The molecular formula is C35H46N2O2. The van der Waals surface area contributed by atoms with Gasteiger partial charge in [0.2, 0.25) is 0 Å². The van der Waals surface area contributed by atoms with Crippen molar-refractivity contribution >= 4 is 11.9 Å². The third kappa shape index (κ3) is 9.19. The Hall–Kier alpha value is -3.21. The van der Waals surface area contributed by atoms with Crippen molar-refractivity contribution in [3.8, 4) is 16.9 Å². The van der Waals surface area contributed by atoms with Gasteiger partial charge in [-0.05, 0) is 121 Å². The van der Waals surface area contributed by atoms with E-state index in [1.165, 1.54) is 11.1 Å². The Labute approximate surface area is 236 Å². The van der Waals surface area contributed by atoms with Crippen LogP contribution in [0.5, 0.6) is 5.75 Å². The molecule has 0 aliphatic heterocycles. The second kappa shape index (κ2) is 14.3. The molecule has 0 bridgehead atoms. The lowest BCUT2D eigenvalue weighted by molar-refractivity contribution is 0.104. The van der Waals surface area contributed by atoms with E-state index in [1.807, 2.05) is 42.5 Å². The van der Waals surface area contributed by atoms with E-state index < -0.39 is 0 Å². The van der Waals surface area contributed by atoms with Crippen LogP contribution >= 0.6 is 0 Å². The molecular weight excluding hydrogens is 480 g/mol. The summed E-state index contributed by atoms with van der Waals surface area (Å²) >= 11 is 0. The van der Waals surface area contributed by atoms with Crippen molar-refractivity contribution in [1.29, 1.82) is 0 Å². The lowest BCUT2D eigenvalue weighted by Gasteiger charge is -2.31. The molecule has 0 aromatic heterocycles. The molecule has 0 saturated heterocycles. The number of allylic oxidation sites excluding steroid dienone is 1. The zero-order chi connectivity index (χ0) is 28.4. The molecule has 4 heteroatoms. The van der Waals surface area contributed by atoms with Crippen LogP contribution < -0.4 is 4.74 Å². The fourth-order valence-electron chi connectivity index (χ4n) is 4.49. The molecule has 3 aromatic carbocycles. The summed E-state index contributed by atoms with van der Waals surface area (Å²) in [5, 5.41) is 0. The molecule has 3 rings (SSSR count). The van der Waals surface area contributed by atoms with Crippen LogP contribution in [0.3, 0.4) is 0 Å². The number of ether oxygens (including phenoxy) is 1. The summed E-state index contributed by atoms with van der Waals surface area (Å²) in [5.41, 5.74) is 6.36. The molecule has 0 aliphatic carbocycles. The number of benzene rings is 3. The SMILES string of the molecule is Cc1ccccc1-c1ccc(OCCCCCN(C)C(C)(C)C)c(C(=O)C=Cc2ccccc2CN(C)C)c1. The van der Waals surface area contributed by atoms with E-state index in [2.05, 4.69) is 89.0 Å². The second-order valence-corrected chi connectivity index (χ2v) is 11.7. The van der Waals surface area contributed by atoms with Crippen LogP contribution in [-0.2, 0) is 6.54 Å². The Morgan fingerprint density at radius 3 is 2.33 bits per heavy atom. The maximum atomic E-state index is 13.6. The standard InChI is InChI=1S/C35H46N2O2/c1-27-15-9-12-18-31(27)29-20-22-34(39-24-14-8-13-23-37(7)35(2,3)4)32(25-29)33(38)21-19-28-16-10-11-17-30(28)26-36(5)6/h9-12,15-22,25H,8,13-14,23-24,26H2,1-7H3. The van der Waals surface area contributed by atoms with Gasteiger partial charge in [0.05, 0.1) is 12.2 Å². The van der Waals surface area contributed by atoms with Gasteiger partial charge in [-0.15, -0.1) is 0 Å². The van der Waals surface area contributed by atoms with E-state index in [0.29, 0.717) is 17.9 Å². The molecule has 0 saturated carbocycles. The van der Waals surface area contributed by atoms with Gasteiger partial charge in [0, 0.05) is 12.1 Å². The van der Waals surface area contributed by atoms with Crippen LogP contribution in [0.25, 0.3) is 17.2 Å². The van der Waals surface area contributed by atoms with Crippen LogP contribution in [0.4, 0.5) is 0 Å². The lowest BCUT2D eigenvalue weighted by atomic mass is 9.96.